The molecule has 0 atom stereocenters. The molecule has 1 N–H and O–H groups in total. The van der Waals surface area contributed by atoms with Crippen molar-refractivity contribution in [3.05, 3.63) is 58.6 Å². The number of methoxy groups -OCH3 is 1. The highest BCUT2D eigenvalue weighted by Crippen LogP contribution is 2.25. The molecule has 0 spiro atoms. The highest BCUT2D eigenvalue weighted by Gasteiger charge is 2.05. The van der Waals surface area contributed by atoms with Gasteiger partial charge in [-0.25, -0.2) is 0 Å². The van der Waals surface area contributed by atoms with Crippen LogP contribution in [0, 0.1) is 0 Å². The van der Waals surface area contributed by atoms with E-state index in [0.717, 1.165) is 34.2 Å². The van der Waals surface area contributed by atoms with Gasteiger partial charge in [-0.1, -0.05) is 23.7 Å². The molecule has 3 nitrogen and oxygen atoms in total. The van der Waals surface area contributed by atoms with Crippen LogP contribution in [0.4, 0.5) is 0 Å². The smallest absolute Gasteiger partial charge is 0.124 e. The molecule has 2 aromatic carbocycles. The number of hydrogen-bond acceptors (Lipinski definition) is 3. The summed E-state index contributed by atoms with van der Waals surface area (Å²) in [5.74, 6) is 1.68. The van der Waals surface area contributed by atoms with Crippen LogP contribution >= 0.6 is 11.6 Å². The molecule has 106 valence electrons. The fraction of sp³-hybridized carbons (Fsp3) is 0.250. The van der Waals surface area contributed by atoms with Crippen molar-refractivity contribution in [3.8, 4) is 11.5 Å². The molecule has 0 heterocycles. The lowest BCUT2D eigenvalue weighted by Gasteiger charge is -2.13. The predicted molar refractivity (Wildman–Crippen MR) is 81.5 cm³/mol. The molecule has 0 bridgehead atoms. The number of ether oxygens (including phenoxy) is 2. The Morgan fingerprint density at radius 3 is 2.50 bits per heavy atom. The summed E-state index contributed by atoms with van der Waals surface area (Å²) in [5, 5.41) is 3.86. The Morgan fingerprint density at radius 1 is 1.10 bits per heavy atom. The van der Waals surface area contributed by atoms with Gasteiger partial charge in [0.1, 0.15) is 18.1 Å². The molecule has 0 saturated carbocycles. The maximum Gasteiger partial charge on any atom is 0.124 e. The largest absolute Gasteiger partial charge is 0.497 e. The average Bonchev–Trinajstić information content (AvgIpc) is 2.48. The summed E-state index contributed by atoms with van der Waals surface area (Å²) in [5.41, 5.74) is 2.15. The standard InChI is InChI=1S/C16H18ClNO2/c1-18-10-13-9-15(19-2)7-8-16(13)20-11-12-3-5-14(17)6-4-12/h3-9,18H,10-11H2,1-2H3. The Hall–Kier alpha value is -1.71. The first-order chi connectivity index (χ1) is 9.72. The van der Waals surface area contributed by atoms with Crippen LogP contribution in [0.15, 0.2) is 42.5 Å². The van der Waals surface area contributed by atoms with E-state index < -0.39 is 0 Å². The van der Waals surface area contributed by atoms with E-state index in [1.165, 1.54) is 0 Å². The second-order valence-corrected chi connectivity index (χ2v) is 4.86. The van der Waals surface area contributed by atoms with E-state index in [2.05, 4.69) is 5.32 Å². The maximum atomic E-state index is 5.88. The zero-order chi connectivity index (χ0) is 14.4. The SMILES string of the molecule is CNCc1cc(OC)ccc1OCc1ccc(Cl)cc1. The van der Waals surface area contributed by atoms with Gasteiger partial charge in [-0.15, -0.1) is 0 Å². The summed E-state index contributed by atoms with van der Waals surface area (Å²) in [7, 11) is 3.56. The zero-order valence-electron chi connectivity index (χ0n) is 11.7. The van der Waals surface area contributed by atoms with E-state index >= 15 is 0 Å². The first-order valence-corrected chi connectivity index (χ1v) is 6.79. The number of halogens is 1. The van der Waals surface area contributed by atoms with E-state index in [9.17, 15) is 0 Å². The summed E-state index contributed by atoms with van der Waals surface area (Å²) >= 11 is 5.87. The van der Waals surface area contributed by atoms with Crippen molar-refractivity contribution in [2.24, 2.45) is 0 Å². The van der Waals surface area contributed by atoms with E-state index in [-0.39, 0.29) is 0 Å². The molecule has 0 amide bonds. The first-order valence-electron chi connectivity index (χ1n) is 6.41. The molecule has 0 radical (unpaired) electrons. The molecule has 0 aliphatic heterocycles. The van der Waals surface area contributed by atoms with Crippen molar-refractivity contribution in [3.63, 3.8) is 0 Å². The summed E-state index contributed by atoms with van der Waals surface area (Å²) in [6.45, 7) is 1.24. The molecule has 0 fully saturated rings. The Balaban J connectivity index is 2.09. The van der Waals surface area contributed by atoms with Crippen molar-refractivity contribution >= 4 is 11.6 Å². The summed E-state index contributed by atoms with van der Waals surface area (Å²) < 4.78 is 11.1. The molecule has 2 rings (SSSR count). The Kier molecular flexibility index (Phi) is 5.27. The van der Waals surface area contributed by atoms with Crippen LogP contribution in [-0.2, 0) is 13.2 Å². The fourth-order valence-electron chi connectivity index (χ4n) is 1.89. The Labute approximate surface area is 124 Å². The van der Waals surface area contributed by atoms with Crippen LogP contribution in [0.25, 0.3) is 0 Å². The normalized spacial score (nSPS) is 10.3. The van der Waals surface area contributed by atoms with Crippen molar-refractivity contribution in [1.29, 1.82) is 0 Å². The number of benzene rings is 2. The summed E-state index contributed by atoms with van der Waals surface area (Å²) in [4.78, 5) is 0. The predicted octanol–water partition coefficient (Wildman–Crippen LogP) is 3.65. The zero-order valence-corrected chi connectivity index (χ0v) is 12.4. The van der Waals surface area contributed by atoms with E-state index in [4.69, 9.17) is 21.1 Å². The van der Waals surface area contributed by atoms with Gasteiger partial charge in [-0.3, -0.25) is 0 Å². The minimum absolute atomic E-state index is 0.514. The van der Waals surface area contributed by atoms with Crippen molar-refractivity contribution in [2.75, 3.05) is 14.2 Å². The van der Waals surface area contributed by atoms with Gasteiger partial charge in [0.15, 0.2) is 0 Å². The van der Waals surface area contributed by atoms with Crippen molar-refractivity contribution < 1.29 is 9.47 Å². The van der Waals surface area contributed by atoms with Crippen molar-refractivity contribution in [1.82, 2.24) is 5.32 Å². The Morgan fingerprint density at radius 2 is 1.85 bits per heavy atom. The molecule has 0 aliphatic rings. The number of rotatable bonds is 6. The van der Waals surface area contributed by atoms with Crippen LogP contribution in [0.5, 0.6) is 11.5 Å². The maximum absolute atomic E-state index is 5.88. The topological polar surface area (TPSA) is 30.5 Å². The van der Waals surface area contributed by atoms with Gasteiger partial charge >= 0.3 is 0 Å². The van der Waals surface area contributed by atoms with Gasteiger partial charge in [-0.2, -0.15) is 0 Å². The van der Waals surface area contributed by atoms with Gasteiger partial charge in [0.05, 0.1) is 7.11 Å². The van der Waals surface area contributed by atoms with Crippen LogP contribution in [0.1, 0.15) is 11.1 Å². The highest BCUT2D eigenvalue weighted by molar-refractivity contribution is 6.30. The van der Waals surface area contributed by atoms with Crippen LogP contribution in [-0.4, -0.2) is 14.2 Å². The summed E-state index contributed by atoms with van der Waals surface area (Å²) in [6.07, 6.45) is 0. The number of hydrogen-bond donors (Lipinski definition) is 1. The van der Waals surface area contributed by atoms with Gasteiger partial charge < -0.3 is 14.8 Å². The Bertz CT molecular complexity index is 555. The monoisotopic (exact) mass is 291 g/mol. The molecule has 0 saturated heterocycles. The average molecular weight is 292 g/mol. The molecular formula is C16H18ClNO2. The molecule has 2 aromatic rings. The van der Waals surface area contributed by atoms with E-state index in [1.54, 1.807) is 7.11 Å². The third-order valence-corrected chi connectivity index (χ3v) is 3.19. The quantitative estimate of drug-likeness (QED) is 0.881. The lowest BCUT2D eigenvalue weighted by Crippen LogP contribution is -2.08. The molecular weight excluding hydrogens is 274 g/mol. The van der Waals surface area contributed by atoms with Gasteiger partial charge in [0, 0.05) is 17.1 Å². The van der Waals surface area contributed by atoms with Crippen LogP contribution < -0.4 is 14.8 Å². The van der Waals surface area contributed by atoms with Crippen molar-refractivity contribution in [2.45, 2.75) is 13.2 Å². The minimum Gasteiger partial charge on any atom is -0.497 e. The highest BCUT2D eigenvalue weighted by atomic mass is 35.5. The fourth-order valence-corrected chi connectivity index (χ4v) is 2.02. The second kappa shape index (κ2) is 7.17. The van der Waals surface area contributed by atoms with E-state index in [0.29, 0.717) is 6.61 Å². The molecule has 4 heteroatoms. The summed E-state index contributed by atoms with van der Waals surface area (Å²) in [6, 6.07) is 13.5. The van der Waals surface area contributed by atoms with Gasteiger partial charge in [0.25, 0.3) is 0 Å². The van der Waals surface area contributed by atoms with Crippen LogP contribution in [0.2, 0.25) is 5.02 Å². The molecule has 0 aliphatic carbocycles. The molecule has 20 heavy (non-hydrogen) atoms. The van der Waals surface area contributed by atoms with Gasteiger partial charge in [-0.05, 0) is 42.9 Å². The molecule has 0 unspecified atom stereocenters. The second-order valence-electron chi connectivity index (χ2n) is 4.42. The number of nitrogens with one attached hydrogen (secondary N) is 1. The third kappa shape index (κ3) is 3.89. The lowest BCUT2D eigenvalue weighted by molar-refractivity contribution is 0.301. The van der Waals surface area contributed by atoms with E-state index in [1.807, 2.05) is 49.5 Å². The molecule has 0 aromatic heterocycles. The first kappa shape index (κ1) is 14.7. The minimum atomic E-state index is 0.514. The lowest BCUT2D eigenvalue weighted by atomic mass is 10.2. The van der Waals surface area contributed by atoms with Gasteiger partial charge in [0.2, 0.25) is 0 Å². The third-order valence-electron chi connectivity index (χ3n) is 2.94. The van der Waals surface area contributed by atoms with Crippen LogP contribution in [0.3, 0.4) is 0 Å².